The molecule has 0 saturated heterocycles. The Morgan fingerprint density at radius 3 is 2.43 bits per heavy atom. The summed E-state index contributed by atoms with van der Waals surface area (Å²) in [7, 11) is 1.79. The average Bonchev–Trinajstić information content (AvgIpc) is 2.98. The van der Waals surface area contributed by atoms with Crippen molar-refractivity contribution in [1.82, 2.24) is 4.57 Å². The van der Waals surface area contributed by atoms with Crippen LogP contribution in [0, 0.1) is 10.3 Å². The molecule has 1 aromatic heterocycles. The number of carbonyl (C=O) groups is 1. The number of thioether (sulfide) groups is 1. The smallest absolute Gasteiger partial charge is 0.354 e. The van der Waals surface area contributed by atoms with Gasteiger partial charge in [-0.2, -0.15) is 0 Å². The number of ether oxygens (including phenoxy) is 1. The SMILES string of the molecule is [C-]#[N+]c1c(-c2ccc(-c3ccccc3SC)cc2)c(C(=O)OCC)n(C)c1I. The number of hydrogen-bond donors (Lipinski definition) is 0. The minimum absolute atomic E-state index is 0.289. The molecule has 1 heterocycles. The first-order chi connectivity index (χ1) is 13.5. The first-order valence-corrected chi connectivity index (χ1v) is 11.0. The molecule has 4 nitrogen and oxygen atoms in total. The van der Waals surface area contributed by atoms with E-state index in [1.165, 1.54) is 10.5 Å². The van der Waals surface area contributed by atoms with Gasteiger partial charge in [0.1, 0.15) is 5.69 Å². The molecule has 3 aromatic rings. The molecule has 6 heteroatoms. The maximum absolute atomic E-state index is 12.6. The molecule has 3 rings (SSSR count). The van der Waals surface area contributed by atoms with Crippen LogP contribution in [-0.4, -0.2) is 23.4 Å². The van der Waals surface area contributed by atoms with Crippen LogP contribution >= 0.6 is 34.4 Å². The molecule has 0 aliphatic heterocycles. The van der Waals surface area contributed by atoms with Crippen LogP contribution in [0.2, 0.25) is 0 Å². The molecular weight excluding hydrogens is 483 g/mol. The van der Waals surface area contributed by atoms with Gasteiger partial charge in [-0.25, -0.2) is 9.64 Å². The van der Waals surface area contributed by atoms with Crippen molar-refractivity contribution in [3.05, 3.63) is 69.3 Å². The average molecular weight is 502 g/mol. The highest BCUT2D eigenvalue weighted by Gasteiger charge is 2.26. The highest BCUT2D eigenvalue weighted by Crippen LogP contribution is 2.41. The summed E-state index contributed by atoms with van der Waals surface area (Å²) < 4.78 is 7.70. The number of esters is 1. The molecule has 2 aromatic carbocycles. The fourth-order valence-electron chi connectivity index (χ4n) is 3.15. The molecule has 0 bridgehead atoms. The van der Waals surface area contributed by atoms with Gasteiger partial charge in [-0.3, -0.25) is 0 Å². The number of nitrogens with zero attached hydrogens (tertiary/aromatic N) is 2. The van der Waals surface area contributed by atoms with Crippen LogP contribution in [0.25, 0.3) is 27.1 Å². The van der Waals surface area contributed by atoms with E-state index in [1.807, 2.05) is 36.4 Å². The summed E-state index contributed by atoms with van der Waals surface area (Å²) in [6.07, 6.45) is 2.06. The number of halogens is 1. The minimum atomic E-state index is -0.412. The Balaban J connectivity index is 2.13. The topological polar surface area (TPSA) is 35.6 Å². The molecular formula is C22H19IN2O2S. The van der Waals surface area contributed by atoms with Crippen LogP contribution in [0.4, 0.5) is 5.69 Å². The van der Waals surface area contributed by atoms with Crippen molar-refractivity contribution < 1.29 is 9.53 Å². The lowest BCUT2D eigenvalue weighted by Gasteiger charge is -2.10. The third kappa shape index (κ3) is 3.69. The molecule has 0 radical (unpaired) electrons. The number of hydrogen-bond acceptors (Lipinski definition) is 3. The van der Waals surface area contributed by atoms with Crippen LogP contribution in [-0.2, 0) is 11.8 Å². The maximum Gasteiger partial charge on any atom is 0.354 e. The van der Waals surface area contributed by atoms with Gasteiger partial charge >= 0.3 is 5.97 Å². The minimum Gasteiger partial charge on any atom is -0.461 e. The van der Waals surface area contributed by atoms with Gasteiger partial charge in [-0.05, 0) is 58.5 Å². The lowest BCUT2D eigenvalue weighted by molar-refractivity contribution is 0.0516. The van der Waals surface area contributed by atoms with Gasteiger partial charge in [0.15, 0.2) is 0 Å². The van der Waals surface area contributed by atoms with Crippen LogP contribution in [0.15, 0.2) is 53.4 Å². The predicted octanol–water partition coefficient (Wildman–Crippen LogP) is 6.41. The number of carbonyl (C=O) groups excluding carboxylic acids is 1. The van der Waals surface area contributed by atoms with Crippen LogP contribution in [0.1, 0.15) is 17.4 Å². The maximum atomic E-state index is 12.6. The van der Waals surface area contributed by atoms with Crippen LogP contribution in [0.3, 0.4) is 0 Å². The van der Waals surface area contributed by atoms with E-state index in [2.05, 4.69) is 45.8 Å². The zero-order valence-electron chi connectivity index (χ0n) is 15.8. The molecule has 0 aliphatic rings. The fourth-order valence-corrected chi connectivity index (χ4v) is 4.41. The molecule has 0 spiro atoms. The van der Waals surface area contributed by atoms with Gasteiger partial charge in [0.05, 0.1) is 16.9 Å². The molecule has 0 saturated carbocycles. The summed E-state index contributed by atoms with van der Waals surface area (Å²) in [5.74, 6) is -0.412. The molecule has 0 aliphatic carbocycles. The first-order valence-electron chi connectivity index (χ1n) is 8.70. The van der Waals surface area contributed by atoms with Gasteiger partial charge in [0, 0.05) is 17.5 Å². The van der Waals surface area contributed by atoms with E-state index in [1.54, 1.807) is 30.3 Å². The third-order valence-corrected chi connectivity index (χ3v) is 6.50. The van der Waals surface area contributed by atoms with Gasteiger partial charge in [-0.1, -0.05) is 42.5 Å². The Kier molecular flexibility index (Phi) is 6.47. The second-order valence-corrected chi connectivity index (χ2v) is 7.90. The predicted molar refractivity (Wildman–Crippen MR) is 123 cm³/mol. The van der Waals surface area contributed by atoms with Crippen molar-refractivity contribution in [2.75, 3.05) is 12.9 Å². The van der Waals surface area contributed by atoms with Crippen LogP contribution in [0.5, 0.6) is 0 Å². The number of aromatic nitrogens is 1. The standard InChI is InChI=1S/C22H19IN2O2S/c1-5-27-22(26)20-18(19(24-2)21(23)25(20)3)15-12-10-14(11-13-15)16-8-6-7-9-17(16)28-4/h6-13H,5H2,1,3-4H3. The molecule has 0 fully saturated rings. The van der Waals surface area contributed by atoms with Gasteiger partial charge in [-0.15, -0.1) is 11.8 Å². The Morgan fingerprint density at radius 2 is 1.82 bits per heavy atom. The number of benzene rings is 2. The Labute approximate surface area is 182 Å². The van der Waals surface area contributed by atoms with E-state index in [-0.39, 0.29) is 6.61 Å². The van der Waals surface area contributed by atoms with Gasteiger partial charge < -0.3 is 9.30 Å². The van der Waals surface area contributed by atoms with Crippen molar-refractivity contribution in [3.8, 4) is 22.3 Å². The molecule has 0 atom stereocenters. The van der Waals surface area contributed by atoms with Crippen LogP contribution < -0.4 is 0 Å². The summed E-state index contributed by atoms with van der Waals surface area (Å²) in [5.41, 5.74) is 4.61. The summed E-state index contributed by atoms with van der Waals surface area (Å²) in [5, 5.41) is 0. The second kappa shape index (κ2) is 8.84. The number of rotatable bonds is 5. The molecule has 0 unspecified atom stereocenters. The van der Waals surface area contributed by atoms with E-state index in [0.29, 0.717) is 16.9 Å². The highest BCUT2D eigenvalue weighted by molar-refractivity contribution is 14.1. The van der Waals surface area contributed by atoms with Gasteiger partial charge in [0.2, 0.25) is 5.69 Å². The lowest BCUT2D eigenvalue weighted by Crippen LogP contribution is -2.11. The summed E-state index contributed by atoms with van der Waals surface area (Å²) >= 11 is 3.81. The summed E-state index contributed by atoms with van der Waals surface area (Å²) in [6, 6.07) is 16.3. The zero-order valence-corrected chi connectivity index (χ0v) is 18.8. The normalized spacial score (nSPS) is 10.5. The molecule has 0 N–H and O–H groups in total. The van der Waals surface area contributed by atoms with Gasteiger partial charge in [0.25, 0.3) is 0 Å². The third-order valence-electron chi connectivity index (χ3n) is 4.47. The largest absolute Gasteiger partial charge is 0.461 e. The monoisotopic (exact) mass is 502 g/mol. The van der Waals surface area contributed by atoms with Crippen molar-refractivity contribution in [1.29, 1.82) is 0 Å². The Bertz CT molecular complexity index is 1070. The van der Waals surface area contributed by atoms with Crippen molar-refractivity contribution in [2.45, 2.75) is 11.8 Å². The molecule has 142 valence electrons. The lowest BCUT2D eigenvalue weighted by atomic mass is 9.99. The van der Waals surface area contributed by atoms with E-state index >= 15 is 0 Å². The Morgan fingerprint density at radius 1 is 1.18 bits per heavy atom. The van der Waals surface area contributed by atoms with E-state index in [4.69, 9.17) is 11.3 Å². The van der Waals surface area contributed by atoms with Crippen molar-refractivity contribution in [3.63, 3.8) is 0 Å². The quantitative estimate of drug-likeness (QED) is 0.175. The van der Waals surface area contributed by atoms with Crippen molar-refractivity contribution >= 4 is 46.0 Å². The first kappa shape index (κ1) is 20.5. The fraction of sp³-hybridized carbons (Fsp3) is 0.182. The van der Waals surface area contributed by atoms with E-state index < -0.39 is 5.97 Å². The Hall–Kier alpha value is -2.24. The summed E-state index contributed by atoms with van der Waals surface area (Å²) in [6.45, 7) is 9.68. The molecule has 28 heavy (non-hydrogen) atoms. The highest BCUT2D eigenvalue weighted by atomic mass is 127. The molecule has 0 amide bonds. The summed E-state index contributed by atoms with van der Waals surface area (Å²) in [4.78, 5) is 17.5. The van der Waals surface area contributed by atoms with E-state index in [9.17, 15) is 4.79 Å². The van der Waals surface area contributed by atoms with Crippen molar-refractivity contribution in [2.24, 2.45) is 7.05 Å². The zero-order chi connectivity index (χ0) is 20.3. The van der Waals surface area contributed by atoms with E-state index in [0.717, 1.165) is 14.8 Å². The second-order valence-electron chi connectivity index (χ2n) is 6.03.